The summed E-state index contributed by atoms with van der Waals surface area (Å²) in [6.07, 6.45) is 11.2. The molecule has 0 atom stereocenters. The van der Waals surface area contributed by atoms with Crippen molar-refractivity contribution >= 4 is 0 Å². The Balaban J connectivity index is 1.49. The molecule has 0 saturated heterocycles. The summed E-state index contributed by atoms with van der Waals surface area (Å²) in [5.74, 6) is 0. The molecule has 2 N–H and O–H groups in total. The number of nitrogens with one attached hydrogen (secondary N) is 2. The number of aryl methyl sites for hydroxylation is 2. The van der Waals surface area contributed by atoms with Crippen LogP contribution in [0.15, 0.2) is 25.0 Å². The smallest absolute Gasteiger partial charge is 0.0950 e. The van der Waals surface area contributed by atoms with Crippen LogP contribution in [0.25, 0.3) is 0 Å². The van der Waals surface area contributed by atoms with Gasteiger partial charge in [0.1, 0.15) is 0 Å². The molecule has 3 rings (SSSR count). The van der Waals surface area contributed by atoms with E-state index >= 15 is 0 Å². The zero-order valence-corrected chi connectivity index (χ0v) is 9.76. The van der Waals surface area contributed by atoms with Crippen LogP contribution in [0.1, 0.15) is 24.2 Å². The summed E-state index contributed by atoms with van der Waals surface area (Å²) in [6, 6.07) is 0.741. The van der Waals surface area contributed by atoms with E-state index < -0.39 is 0 Å². The Kier molecular flexibility index (Phi) is 2.92. The molecule has 2 aromatic rings. The largest absolute Gasteiger partial charge is 0.348 e. The van der Waals surface area contributed by atoms with Crippen molar-refractivity contribution in [2.24, 2.45) is 0 Å². The molecule has 0 aliphatic heterocycles. The Morgan fingerprint density at radius 2 is 2.41 bits per heavy atom. The summed E-state index contributed by atoms with van der Waals surface area (Å²) in [6.45, 7) is 1.83. The molecule has 0 spiro atoms. The number of aromatic nitrogens is 4. The van der Waals surface area contributed by atoms with E-state index in [1.807, 2.05) is 12.5 Å². The fraction of sp³-hybridized carbons (Fsp3) is 0.500. The molecule has 0 bridgehead atoms. The van der Waals surface area contributed by atoms with Crippen LogP contribution in [0.2, 0.25) is 0 Å². The Hall–Kier alpha value is -1.62. The first kappa shape index (κ1) is 10.5. The van der Waals surface area contributed by atoms with E-state index in [4.69, 9.17) is 0 Å². The van der Waals surface area contributed by atoms with Crippen molar-refractivity contribution in [1.29, 1.82) is 0 Å². The minimum atomic E-state index is 0.741. The number of hydrogen-bond acceptors (Lipinski definition) is 3. The summed E-state index contributed by atoms with van der Waals surface area (Å²) >= 11 is 0. The van der Waals surface area contributed by atoms with Gasteiger partial charge in [0.2, 0.25) is 0 Å². The highest BCUT2D eigenvalue weighted by atomic mass is 15.1. The Morgan fingerprint density at radius 1 is 1.47 bits per heavy atom. The summed E-state index contributed by atoms with van der Waals surface area (Å²) < 4.78 is 2.13. The van der Waals surface area contributed by atoms with Gasteiger partial charge < -0.3 is 14.9 Å². The van der Waals surface area contributed by atoms with E-state index in [-0.39, 0.29) is 0 Å². The van der Waals surface area contributed by atoms with Crippen LogP contribution in [-0.2, 0) is 19.5 Å². The molecule has 1 aliphatic carbocycles. The number of rotatable bonds is 6. The lowest BCUT2D eigenvalue weighted by atomic mass is 10.3. The highest BCUT2D eigenvalue weighted by Gasteiger charge is 2.20. The van der Waals surface area contributed by atoms with Gasteiger partial charge in [0, 0.05) is 43.6 Å². The van der Waals surface area contributed by atoms with Crippen LogP contribution < -0.4 is 5.32 Å². The standard InChI is InChI=1S/C12H17N5/c1-2-10(1)14-6-12-7-17(9-16-12)4-3-11-5-13-8-15-11/h5,7-10,14H,1-4,6H2,(H,13,15). The Labute approximate surface area is 100 Å². The highest BCUT2D eigenvalue weighted by Crippen LogP contribution is 2.18. The lowest BCUT2D eigenvalue weighted by Gasteiger charge is -2.00. The number of nitrogens with zero attached hydrogens (tertiary/aromatic N) is 3. The SMILES string of the molecule is c1ncc(CCn2cnc(CNC3CC3)c2)[nH]1. The topological polar surface area (TPSA) is 58.5 Å². The molecule has 0 aromatic carbocycles. The molecule has 2 heterocycles. The van der Waals surface area contributed by atoms with Crippen LogP contribution in [0.3, 0.4) is 0 Å². The van der Waals surface area contributed by atoms with Gasteiger partial charge in [-0.3, -0.25) is 0 Å². The zero-order chi connectivity index (χ0) is 11.5. The van der Waals surface area contributed by atoms with Gasteiger partial charge in [-0.2, -0.15) is 0 Å². The zero-order valence-electron chi connectivity index (χ0n) is 9.76. The van der Waals surface area contributed by atoms with E-state index in [1.54, 1.807) is 6.33 Å². The average molecular weight is 231 g/mol. The number of aromatic amines is 1. The molecule has 5 heteroatoms. The first-order valence-corrected chi connectivity index (χ1v) is 6.11. The lowest BCUT2D eigenvalue weighted by molar-refractivity contribution is 0.669. The molecular weight excluding hydrogens is 214 g/mol. The van der Waals surface area contributed by atoms with E-state index in [1.165, 1.54) is 12.8 Å². The van der Waals surface area contributed by atoms with Crippen LogP contribution in [0.4, 0.5) is 0 Å². The maximum Gasteiger partial charge on any atom is 0.0950 e. The van der Waals surface area contributed by atoms with Gasteiger partial charge >= 0.3 is 0 Å². The van der Waals surface area contributed by atoms with Crippen molar-refractivity contribution < 1.29 is 0 Å². The second kappa shape index (κ2) is 4.71. The van der Waals surface area contributed by atoms with E-state index in [0.717, 1.165) is 36.9 Å². The van der Waals surface area contributed by atoms with Crippen LogP contribution in [-0.4, -0.2) is 25.6 Å². The first-order chi connectivity index (χ1) is 8.40. The van der Waals surface area contributed by atoms with Gasteiger partial charge in [0.05, 0.1) is 18.3 Å². The number of imidazole rings is 2. The minimum absolute atomic E-state index is 0.741. The van der Waals surface area contributed by atoms with Gasteiger partial charge in [0.25, 0.3) is 0 Å². The van der Waals surface area contributed by atoms with Gasteiger partial charge in [0.15, 0.2) is 0 Å². The lowest BCUT2D eigenvalue weighted by Crippen LogP contribution is -2.15. The van der Waals surface area contributed by atoms with Crippen molar-refractivity contribution in [3.8, 4) is 0 Å². The first-order valence-electron chi connectivity index (χ1n) is 6.11. The molecule has 1 fully saturated rings. The Bertz CT molecular complexity index is 455. The molecule has 0 radical (unpaired) electrons. The maximum atomic E-state index is 4.39. The predicted molar refractivity (Wildman–Crippen MR) is 64.4 cm³/mol. The third kappa shape index (κ3) is 2.94. The molecular formula is C12H17N5. The van der Waals surface area contributed by atoms with Crippen molar-refractivity contribution in [2.45, 2.75) is 38.4 Å². The second-order valence-electron chi connectivity index (χ2n) is 4.58. The van der Waals surface area contributed by atoms with Gasteiger partial charge in [-0.15, -0.1) is 0 Å². The summed E-state index contributed by atoms with van der Waals surface area (Å²) in [5.41, 5.74) is 2.29. The van der Waals surface area contributed by atoms with Crippen molar-refractivity contribution in [1.82, 2.24) is 24.8 Å². The average Bonchev–Trinajstić information content (AvgIpc) is 2.86. The third-order valence-electron chi connectivity index (χ3n) is 3.03. The highest BCUT2D eigenvalue weighted by molar-refractivity contribution is 4.99. The Morgan fingerprint density at radius 3 is 3.18 bits per heavy atom. The molecule has 90 valence electrons. The molecule has 5 nitrogen and oxygen atoms in total. The fourth-order valence-electron chi connectivity index (χ4n) is 1.83. The molecule has 0 amide bonds. The summed E-state index contributed by atoms with van der Waals surface area (Å²) in [5, 5.41) is 3.46. The van der Waals surface area contributed by atoms with E-state index in [9.17, 15) is 0 Å². The second-order valence-corrected chi connectivity index (χ2v) is 4.58. The normalized spacial score (nSPS) is 15.3. The summed E-state index contributed by atoms with van der Waals surface area (Å²) in [4.78, 5) is 11.5. The maximum absolute atomic E-state index is 4.39. The van der Waals surface area contributed by atoms with Crippen LogP contribution in [0, 0.1) is 0 Å². The molecule has 2 aromatic heterocycles. The molecule has 17 heavy (non-hydrogen) atoms. The van der Waals surface area contributed by atoms with Crippen molar-refractivity contribution in [2.75, 3.05) is 0 Å². The van der Waals surface area contributed by atoms with Crippen LogP contribution >= 0.6 is 0 Å². The monoisotopic (exact) mass is 231 g/mol. The van der Waals surface area contributed by atoms with Crippen LogP contribution in [0.5, 0.6) is 0 Å². The van der Waals surface area contributed by atoms with Gasteiger partial charge in [-0.05, 0) is 12.8 Å². The van der Waals surface area contributed by atoms with E-state index in [0.29, 0.717) is 0 Å². The molecule has 0 unspecified atom stereocenters. The fourth-order valence-corrected chi connectivity index (χ4v) is 1.83. The van der Waals surface area contributed by atoms with Crippen molar-refractivity contribution in [3.05, 3.63) is 36.4 Å². The quantitative estimate of drug-likeness (QED) is 0.782. The number of hydrogen-bond donors (Lipinski definition) is 2. The minimum Gasteiger partial charge on any atom is -0.348 e. The summed E-state index contributed by atoms with van der Waals surface area (Å²) in [7, 11) is 0. The molecule has 1 saturated carbocycles. The molecule has 1 aliphatic rings. The van der Waals surface area contributed by atoms with E-state index in [2.05, 4.69) is 31.0 Å². The third-order valence-corrected chi connectivity index (χ3v) is 3.03. The van der Waals surface area contributed by atoms with Gasteiger partial charge in [-0.1, -0.05) is 0 Å². The number of H-pyrrole nitrogens is 1. The van der Waals surface area contributed by atoms with Crippen molar-refractivity contribution in [3.63, 3.8) is 0 Å². The predicted octanol–water partition coefficient (Wildman–Crippen LogP) is 1.10. The van der Waals surface area contributed by atoms with Gasteiger partial charge in [-0.25, -0.2) is 9.97 Å².